The van der Waals surface area contributed by atoms with Crippen molar-refractivity contribution in [3.63, 3.8) is 0 Å². The van der Waals surface area contributed by atoms with Crippen LogP contribution < -0.4 is 10.1 Å². The summed E-state index contributed by atoms with van der Waals surface area (Å²) in [4.78, 5) is 17.0. The van der Waals surface area contributed by atoms with Crippen LogP contribution in [0.2, 0.25) is 0 Å². The van der Waals surface area contributed by atoms with Crippen molar-refractivity contribution < 1.29 is 22.7 Å². The summed E-state index contributed by atoms with van der Waals surface area (Å²) in [5, 5.41) is 2.76. The van der Waals surface area contributed by atoms with Crippen molar-refractivity contribution >= 4 is 21.7 Å². The molecule has 0 spiro atoms. The van der Waals surface area contributed by atoms with Crippen LogP contribution in [0.15, 0.2) is 71.8 Å². The number of hydrogen-bond acceptors (Lipinski definition) is 6. The van der Waals surface area contributed by atoms with Gasteiger partial charge < -0.3 is 14.8 Å². The summed E-state index contributed by atoms with van der Waals surface area (Å²) in [6.45, 7) is 1.25. The number of anilines is 1. The number of benzene rings is 2. The Morgan fingerprint density at radius 1 is 1.06 bits per heavy atom. The molecule has 0 aliphatic carbocycles. The maximum Gasteiger partial charge on any atom is 0.246 e. The van der Waals surface area contributed by atoms with E-state index < -0.39 is 10.0 Å². The molecule has 172 valence electrons. The highest BCUT2D eigenvalue weighted by Crippen LogP contribution is 2.29. The molecular formula is C24H25N3O5S. The van der Waals surface area contributed by atoms with E-state index in [9.17, 15) is 13.2 Å². The zero-order valence-corrected chi connectivity index (χ0v) is 19.0. The molecule has 1 aromatic heterocycles. The van der Waals surface area contributed by atoms with E-state index in [1.807, 2.05) is 36.4 Å². The van der Waals surface area contributed by atoms with Crippen LogP contribution >= 0.6 is 0 Å². The SMILES string of the molecule is COc1ccc(CC(=O)Nc2ccc(-c3ccccc3)cn2)cc1S(=O)(=O)N1CCOCC1. The molecule has 4 rings (SSSR count). The lowest BCUT2D eigenvalue weighted by Crippen LogP contribution is -2.40. The van der Waals surface area contributed by atoms with E-state index in [-0.39, 0.29) is 36.1 Å². The fraction of sp³-hybridized carbons (Fsp3) is 0.250. The zero-order chi connectivity index (χ0) is 23.3. The van der Waals surface area contributed by atoms with Gasteiger partial charge in [-0.1, -0.05) is 36.4 Å². The van der Waals surface area contributed by atoms with Crippen LogP contribution in [0.25, 0.3) is 11.1 Å². The average Bonchev–Trinajstić information content (AvgIpc) is 2.85. The first-order valence-corrected chi connectivity index (χ1v) is 12.0. The number of aromatic nitrogens is 1. The van der Waals surface area contributed by atoms with Crippen molar-refractivity contribution in [3.8, 4) is 16.9 Å². The summed E-state index contributed by atoms with van der Waals surface area (Å²) in [5.41, 5.74) is 2.54. The fourth-order valence-corrected chi connectivity index (χ4v) is 5.21. The van der Waals surface area contributed by atoms with Crippen molar-refractivity contribution in [2.75, 3.05) is 38.7 Å². The molecule has 2 heterocycles. The average molecular weight is 468 g/mol. The van der Waals surface area contributed by atoms with Crippen LogP contribution in [0.4, 0.5) is 5.82 Å². The number of carbonyl (C=O) groups is 1. The van der Waals surface area contributed by atoms with Crippen LogP contribution in [0.5, 0.6) is 5.75 Å². The van der Waals surface area contributed by atoms with Gasteiger partial charge >= 0.3 is 0 Å². The number of carbonyl (C=O) groups excluding carboxylic acids is 1. The van der Waals surface area contributed by atoms with Gasteiger partial charge in [-0.05, 0) is 35.4 Å². The van der Waals surface area contributed by atoms with Gasteiger partial charge in [-0.3, -0.25) is 4.79 Å². The highest BCUT2D eigenvalue weighted by molar-refractivity contribution is 7.89. The third-order valence-electron chi connectivity index (χ3n) is 5.32. The highest BCUT2D eigenvalue weighted by atomic mass is 32.2. The molecule has 2 aromatic carbocycles. The molecule has 1 aliphatic heterocycles. The fourth-order valence-electron chi connectivity index (χ4n) is 3.60. The Labute approximate surface area is 193 Å². The molecule has 0 unspecified atom stereocenters. The lowest BCUT2D eigenvalue weighted by atomic mass is 10.1. The van der Waals surface area contributed by atoms with Crippen molar-refractivity contribution in [3.05, 3.63) is 72.4 Å². The number of amides is 1. The zero-order valence-electron chi connectivity index (χ0n) is 18.2. The Hall–Kier alpha value is -3.27. The Kier molecular flexibility index (Phi) is 7.02. The summed E-state index contributed by atoms with van der Waals surface area (Å²) < 4.78 is 38.2. The lowest BCUT2D eigenvalue weighted by molar-refractivity contribution is -0.115. The predicted octanol–water partition coefficient (Wildman–Crippen LogP) is 2.96. The first-order valence-electron chi connectivity index (χ1n) is 10.5. The number of rotatable bonds is 7. The number of methoxy groups -OCH3 is 1. The molecule has 1 N–H and O–H groups in total. The maximum absolute atomic E-state index is 13.1. The van der Waals surface area contributed by atoms with Gasteiger partial charge in [0.1, 0.15) is 16.5 Å². The van der Waals surface area contributed by atoms with Crippen LogP contribution in [-0.2, 0) is 26.0 Å². The third-order valence-corrected chi connectivity index (χ3v) is 7.24. The normalized spacial score (nSPS) is 14.6. The molecule has 3 aromatic rings. The van der Waals surface area contributed by atoms with E-state index in [1.165, 1.54) is 17.5 Å². The van der Waals surface area contributed by atoms with E-state index in [0.717, 1.165) is 11.1 Å². The standard InChI is InChI=1S/C24H25N3O5S/c1-31-21-9-7-18(15-22(21)33(29,30)27-11-13-32-14-12-27)16-24(28)26-23-10-8-20(17-25-23)19-5-3-2-4-6-19/h2-10,15,17H,11-14,16H2,1H3,(H,25,26,28). The second kappa shape index (κ2) is 10.1. The first kappa shape index (κ1) is 22.9. The van der Waals surface area contributed by atoms with Gasteiger partial charge in [-0.15, -0.1) is 0 Å². The summed E-state index contributed by atoms with van der Waals surface area (Å²) in [5.74, 6) is 0.369. The summed E-state index contributed by atoms with van der Waals surface area (Å²) in [6.07, 6.45) is 1.70. The van der Waals surface area contributed by atoms with Gasteiger partial charge in [-0.25, -0.2) is 13.4 Å². The maximum atomic E-state index is 13.1. The van der Waals surface area contributed by atoms with Gasteiger partial charge in [0.2, 0.25) is 15.9 Å². The van der Waals surface area contributed by atoms with E-state index in [0.29, 0.717) is 24.6 Å². The minimum atomic E-state index is -3.77. The highest BCUT2D eigenvalue weighted by Gasteiger charge is 2.29. The minimum Gasteiger partial charge on any atom is -0.495 e. The summed E-state index contributed by atoms with van der Waals surface area (Å²) in [6, 6.07) is 18.2. The number of hydrogen-bond donors (Lipinski definition) is 1. The largest absolute Gasteiger partial charge is 0.495 e. The number of ether oxygens (including phenoxy) is 2. The third kappa shape index (κ3) is 5.39. The van der Waals surface area contributed by atoms with E-state index >= 15 is 0 Å². The van der Waals surface area contributed by atoms with Gasteiger partial charge in [0.15, 0.2) is 0 Å². The Morgan fingerprint density at radius 3 is 2.48 bits per heavy atom. The molecular weight excluding hydrogens is 442 g/mol. The number of pyridine rings is 1. The molecule has 9 heteroatoms. The predicted molar refractivity (Wildman–Crippen MR) is 125 cm³/mol. The molecule has 0 radical (unpaired) electrons. The molecule has 1 amide bonds. The van der Waals surface area contributed by atoms with Gasteiger partial charge in [-0.2, -0.15) is 4.31 Å². The Morgan fingerprint density at radius 2 is 1.82 bits per heavy atom. The number of sulfonamides is 1. The van der Waals surface area contributed by atoms with Gasteiger partial charge in [0.05, 0.1) is 26.7 Å². The molecule has 1 fully saturated rings. The molecule has 1 aliphatic rings. The van der Waals surface area contributed by atoms with Gasteiger partial charge in [0, 0.05) is 24.8 Å². The Balaban J connectivity index is 1.47. The second-order valence-corrected chi connectivity index (χ2v) is 9.43. The minimum absolute atomic E-state index is 0.00224. The summed E-state index contributed by atoms with van der Waals surface area (Å²) in [7, 11) is -2.35. The van der Waals surface area contributed by atoms with Gasteiger partial charge in [0.25, 0.3) is 0 Å². The van der Waals surface area contributed by atoms with Crippen LogP contribution in [0.3, 0.4) is 0 Å². The number of nitrogens with one attached hydrogen (secondary N) is 1. The first-order chi connectivity index (χ1) is 16.0. The summed E-state index contributed by atoms with van der Waals surface area (Å²) >= 11 is 0. The quantitative estimate of drug-likeness (QED) is 0.574. The van der Waals surface area contributed by atoms with Crippen molar-refractivity contribution in [1.29, 1.82) is 0 Å². The van der Waals surface area contributed by atoms with Crippen molar-refractivity contribution in [2.45, 2.75) is 11.3 Å². The molecule has 0 bridgehead atoms. The molecule has 33 heavy (non-hydrogen) atoms. The Bertz CT molecular complexity index is 1210. The second-order valence-electron chi connectivity index (χ2n) is 7.52. The van der Waals surface area contributed by atoms with E-state index in [2.05, 4.69) is 10.3 Å². The number of morpholine rings is 1. The van der Waals surface area contributed by atoms with Crippen molar-refractivity contribution in [1.82, 2.24) is 9.29 Å². The van der Waals surface area contributed by atoms with Crippen molar-refractivity contribution in [2.24, 2.45) is 0 Å². The van der Waals surface area contributed by atoms with Crippen LogP contribution in [0, 0.1) is 0 Å². The smallest absolute Gasteiger partial charge is 0.246 e. The van der Waals surface area contributed by atoms with E-state index in [1.54, 1.807) is 24.4 Å². The van der Waals surface area contributed by atoms with Crippen LogP contribution in [-0.4, -0.2) is 57.0 Å². The van der Waals surface area contributed by atoms with Crippen LogP contribution in [0.1, 0.15) is 5.56 Å². The monoisotopic (exact) mass is 467 g/mol. The molecule has 8 nitrogen and oxygen atoms in total. The number of nitrogens with zero attached hydrogens (tertiary/aromatic N) is 2. The van der Waals surface area contributed by atoms with E-state index in [4.69, 9.17) is 9.47 Å². The molecule has 1 saturated heterocycles. The lowest BCUT2D eigenvalue weighted by Gasteiger charge is -2.26. The molecule has 0 atom stereocenters. The topological polar surface area (TPSA) is 97.8 Å². The molecule has 0 saturated carbocycles.